The molecule has 0 fully saturated rings. The summed E-state index contributed by atoms with van der Waals surface area (Å²) in [7, 11) is 1.63. The summed E-state index contributed by atoms with van der Waals surface area (Å²) in [5.74, 6) is 0.665. The molecule has 138 valence electrons. The fourth-order valence-electron chi connectivity index (χ4n) is 2.63. The number of aryl methyl sites for hydroxylation is 2. The van der Waals surface area contributed by atoms with Gasteiger partial charge in [0.05, 0.1) is 19.3 Å². The molecule has 0 aliphatic heterocycles. The van der Waals surface area contributed by atoms with E-state index in [1.807, 2.05) is 43.3 Å². The van der Waals surface area contributed by atoms with Crippen LogP contribution in [0.5, 0.6) is 5.75 Å². The van der Waals surface area contributed by atoms with Gasteiger partial charge < -0.3 is 10.1 Å². The molecular weight excluding hydrogens is 356 g/mol. The summed E-state index contributed by atoms with van der Waals surface area (Å²) >= 11 is 1.62. The maximum absolute atomic E-state index is 12.1. The van der Waals surface area contributed by atoms with Gasteiger partial charge in [-0.1, -0.05) is 36.4 Å². The van der Waals surface area contributed by atoms with Crippen LogP contribution in [-0.2, 0) is 11.3 Å². The Labute approximate surface area is 163 Å². The molecule has 5 heteroatoms. The van der Waals surface area contributed by atoms with Crippen molar-refractivity contribution < 1.29 is 9.53 Å². The van der Waals surface area contributed by atoms with Crippen molar-refractivity contribution >= 4 is 23.3 Å². The molecule has 0 saturated carbocycles. The highest BCUT2D eigenvalue weighted by atomic mass is 32.1. The van der Waals surface area contributed by atoms with E-state index in [1.165, 1.54) is 5.56 Å². The summed E-state index contributed by atoms with van der Waals surface area (Å²) in [5, 5.41) is 3.92. The first-order chi connectivity index (χ1) is 13.1. The van der Waals surface area contributed by atoms with Gasteiger partial charge in [-0.05, 0) is 43.2 Å². The van der Waals surface area contributed by atoms with Crippen molar-refractivity contribution in [3.63, 3.8) is 0 Å². The van der Waals surface area contributed by atoms with Crippen LogP contribution in [0.3, 0.4) is 0 Å². The molecule has 0 unspecified atom stereocenters. The van der Waals surface area contributed by atoms with Crippen LogP contribution in [0.2, 0.25) is 0 Å². The molecule has 1 heterocycles. The lowest BCUT2D eigenvalue weighted by Gasteiger charge is -2.01. The second kappa shape index (κ2) is 8.64. The smallest absolute Gasteiger partial charge is 0.244 e. The Morgan fingerprint density at radius 2 is 1.89 bits per heavy atom. The Kier molecular flexibility index (Phi) is 6.04. The second-order valence-electron chi connectivity index (χ2n) is 6.17. The fraction of sp³-hybridized carbons (Fsp3) is 0.182. The summed E-state index contributed by atoms with van der Waals surface area (Å²) in [6.07, 6.45) is 3.33. The first-order valence-corrected chi connectivity index (χ1v) is 9.50. The van der Waals surface area contributed by atoms with E-state index in [4.69, 9.17) is 4.74 Å². The molecule has 3 aromatic rings. The molecule has 27 heavy (non-hydrogen) atoms. The number of rotatable bonds is 6. The minimum absolute atomic E-state index is 0.129. The highest BCUT2D eigenvalue weighted by Gasteiger charge is 2.11. The number of thiazole rings is 1. The maximum atomic E-state index is 12.1. The first kappa shape index (κ1) is 18.9. The third-order valence-electron chi connectivity index (χ3n) is 4.23. The van der Waals surface area contributed by atoms with Gasteiger partial charge in [0.25, 0.3) is 0 Å². The molecule has 0 aliphatic carbocycles. The summed E-state index contributed by atoms with van der Waals surface area (Å²) in [5.41, 5.74) is 4.24. The fourth-order valence-corrected chi connectivity index (χ4v) is 3.73. The van der Waals surface area contributed by atoms with Gasteiger partial charge in [-0.3, -0.25) is 4.79 Å². The molecule has 0 aliphatic rings. The molecule has 0 spiro atoms. The predicted octanol–water partition coefficient (Wildman–Crippen LogP) is 4.77. The van der Waals surface area contributed by atoms with Gasteiger partial charge in [0.15, 0.2) is 0 Å². The monoisotopic (exact) mass is 378 g/mol. The normalized spacial score (nSPS) is 10.9. The number of carbonyl (C=O) groups is 1. The van der Waals surface area contributed by atoms with Crippen molar-refractivity contribution in [2.45, 2.75) is 20.4 Å². The largest absolute Gasteiger partial charge is 0.497 e. The minimum atomic E-state index is -0.129. The number of benzene rings is 2. The molecule has 3 rings (SSSR count). The lowest BCUT2D eigenvalue weighted by Crippen LogP contribution is -2.20. The third-order valence-corrected chi connectivity index (χ3v) is 5.42. The molecular formula is C22H22N2O2S. The van der Waals surface area contributed by atoms with E-state index in [-0.39, 0.29) is 5.91 Å². The average molecular weight is 378 g/mol. The van der Waals surface area contributed by atoms with E-state index in [1.54, 1.807) is 30.6 Å². The standard InChI is InChI=1S/C22H22N2O2S/c1-15-6-4-5-7-19(15)22-24-16(2)20(27-22)14-23-21(25)13-10-17-8-11-18(26-3)12-9-17/h4-13H,14H2,1-3H3,(H,23,25)/b13-10+. The van der Waals surface area contributed by atoms with Crippen LogP contribution in [0.1, 0.15) is 21.7 Å². The van der Waals surface area contributed by atoms with Crippen LogP contribution in [0.15, 0.2) is 54.6 Å². The van der Waals surface area contributed by atoms with E-state index in [0.717, 1.165) is 32.5 Å². The molecule has 1 N–H and O–H groups in total. The highest BCUT2D eigenvalue weighted by Crippen LogP contribution is 2.29. The van der Waals surface area contributed by atoms with Crippen LogP contribution in [-0.4, -0.2) is 18.0 Å². The van der Waals surface area contributed by atoms with Crippen molar-refractivity contribution in [1.29, 1.82) is 0 Å². The summed E-state index contributed by atoms with van der Waals surface area (Å²) in [4.78, 5) is 17.9. The minimum Gasteiger partial charge on any atom is -0.497 e. The lowest BCUT2D eigenvalue weighted by molar-refractivity contribution is -0.116. The third kappa shape index (κ3) is 4.83. The van der Waals surface area contributed by atoms with Crippen LogP contribution < -0.4 is 10.1 Å². The topological polar surface area (TPSA) is 51.2 Å². The molecule has 0 saturated heterocycles. The maximum Gasteiger partial charge on any atom is 0.244 e. The molecule has 0 bridgehead atoms. The van der Waals surface area contributed by atoms with Gasteiger partial charge in [0, 0.05) is 16.5 Å². The van der Waals surface area contributed by atoms with Crippen LogP contribution >= 0.6 is 11.3 Å². The number of hydrogen-bond acceptors (Lipinski definition) is 4. The van der Waals surface area contributed by atoms with Crippen molar-refractivity contribution in [3.8, 4) is 16.3 Å². The highest BCUT2D eigenvalue weighted by molar-refractivity contribution is 7.15. The summed E-state index contributed by atoms with van der Waals surface area (Å²) < 4.78 is 5.13. The zero-order chi connectivity index (χ0) is 19.2. The molecule has 0 atom stereocenters. The van der Waals surface area contributed by atoms with Crippen molar-refractivity contribution in [1.82, 2.24) is 10.3 Å². The van der Waals surface area contributed by atoms with Crippen LogP contribution in [0.25, 0.3) is 16.6 Å². The van der Waals surface area contributed by atoms with Crippen LogP contribution in [0.4, 0.5) is 0 Å². The number of amides is 1. The van der Waals surface area contributed by atoms with Crippen molar-refractivity contribution in [2.24, 2.45) is 0 Å². The number of nitrogens with one attached hydrogen (secondary N) is 1. The molecule has 4 nitrogen and oxygen atoms in total. The Bertz CT molecular complexity index is 959. The van der Waals surface area contributed by atoms with Crippen LogP contribution in [0, 0.1) is 13.8 Å². The lowest BCUT2D eigenvalue weighted by atomic mass is 10.1. The number of carbonyl (C=O) groups excluding carboxylic acids is 1. The van der Waals surface area contributed by atoms with E-state index < -0.39 is 0 Å². The van der Waals surface area contributed by atoms with E-state index in [2.05, 4.69) is 29.4 Å². The van der Waals surface area contributed by atoms with E-state index >= 15 is 0 Å². The SMILES string of the molecule is COc1ccc(/C=C/C(=O)NCc2sc(-c3ccccc3C)nc2C)cc1. The molecule has 1 amide bonds. The Morgan fingerprint density at radius 1 is 1.15 bits per heavy atom. The van der Waals surface area contributed by atoms with Gasteiger partial charge in [-0.25, -0.2) is 4.98 Å². The number of hydrogen-bond donors (Lipinski definition) is 1. The number of ether oxygens (including phenoxy) is 1. The summed E-state index contributed by atoms with van der Waals surface area (Å²) in [6, 6.07) is 15.7. The van der Waals surface area contributed by atoms with Gasteiger partial charge in [-0.2, -0.15) is 0 Å². The molecule has 0 radical (unpaired) electrons. The van der Waals surface area contributed by atoms with E-state index in [9.17, 15) is 4.79 Å². The number of nitrogens with zero attached hydrogens (tertiary/aromatic N) is 1. The Hall–Kier alpha value is -2.92. The quantitative estimate of drug-likeness (QED) is 0.629. The zero-order valence-corrected chi connectivity index (χ0v) is 16.5. The van der Waals surface area contributed by atoms with Gasteiger partial charge in [0.1, 0.15) is 10.8 Å². The Balaban J connectivity index is 1.62. The van der Waals surface area contributed by atoms with Gasteiger partial charge in [-0.15, -0.1) is 11.3 Å². The van der Waals surface area contributed by atoms with E-state index in [0.29, 0.717) is 6.54 Å². The van der Waals surface area contributed by atoms with Gasteiger partial charge >= 0.3 is 0 Å². The first-order valence-electron chi connectivity index (χ1n) is 8.69. The predicted molar refractivity (Wildman–Crippen MR) is 111 cm³/mol. The zero-order valence-electron chi connectivity index (χ0n) is 15.7. The number of aromatic nitrogens is 1. The Morgan fingerprint density at radius 3 is 2.59 bits per heavy atom. The van der Waals surface area contributed by atoms with Crippen molar-refractivity contribution in [3.05, 3.63) is 76.3 Å². The second-order valence-corrected chi connectivity index (χ2v) is 7.25. The molecule has 1 aromatic heterocycles. The van der Waals surface area contributed by atoms with Crippen molar-refractivity contribution in [2.75, 3.05) is 7.11 Å². The summed E-state index contributed by atoms with van der Waals surface area (Å²) in [6.45, 7) is 4.53. The molecule has 2 aromatic carbocycles. The average Bonchev–Trinajstić information content (AvgIpc) is 3.06. The van der Waals surface area contributed by atoms with Gasteiger partial charge in [0.2, 0.25) is 5.91 Å². The number of methoxy groups -OCH3 is 1.